The van der Waals surface area contributed by atoms with E-state index in [-0.39, 0.29) is 11.7 Å². The van der Waals surface area contributed by atoms with Gasteiger partial charge in [-0.15, -0.1) is 10.2 Å². The highest BCUT2D eigenvalue weighted by atomic mass is 32.2. The third-order valence-electron chi connectivity index (χ3n) is 4.89. The van der Waals surface area contributed by atoms with Crippen molar-refractivity contribution in [2.24, 2.45) is 0 Å². The molecule has 0 bridgehead atoms. The predicted molar refractivity (Wildman–Crippen MR) is 117 cm³/mol. The summed E-state index contributed by atoms with van der Waals surface area (Å²) in [7, 11) is 1.62. The number of benzene rings is 1. The number of carbonyl (C=O) groups is 1. The Balaban J connectivity index is 1.45. The molecule has 10 heteroatoms. The minimum absolute atomic E-state index is 0.0487. The van der Waals surface area contributed by atoms with Gasteiger partial charge in [0.15, 0.2) is 10.9 Å². The SMILES string of the molecule is COc1ccccc1-n1c(SCC(=O)NCCN2CCOCC2)nnc1-c1ccco1. The summed E-state index contributed by atoms with van der Waals surface area (Å²) >= 11 is 1.32. The van der Waals surface area contributed by atoms with Gasteiger partial charge in [-0.1, -0.05) is 23.9 Å². The number of furan rings is 1. The van der Waals surface area contributed by atoms with Crippen molar-refractivity contribution >= 4 is 17.7 Å². The first-order valence-corrected chi connectivity index (χ1v) is 11.1. The van der Waals surface area contributed by atoms with Gasteiger partial charge in [0, 0.05) is 26.2 Å². The van der Waals surface area contributed by atoms with Crippen LogP contribution in [0.2, 0.25) is 0 Å². The third-order valence-corrected chi connectivity index (χ3v) is 5.82. The fourth-order valence-electron chi connectivity index (χ4n) is 3.32. The molecule has 0 saturated carbocycles. The van der Waals surface area contributed by atoms with Crippen LogP contribution < -0.4 is 10.1 Å². The van der Waals surface area contributed by atoms with Crippen LogP contribution in [0.4, 0.5) is 0 Å². The van der Waals surface area contributed by atoms with Gasteiger partial charge >= 0.3 is 0 Å². The van der Waals surface area contributed by atoms with Gasteiger partial charge in [0.1, 0.15) is 5.75 Å². The summed E-state index contributed by atoms with van der Waals surface area (Å²) in [6.07, 6.45) is 1.59. The molecule has 4 rings (SSSR count). The number of nitrogens with zero attached hydrogens (tertiary/aromatic N) is 4. The molecule has 1 saturated heterocycles. The van der Waals surface area contributed by atoms with Gasteiger partial charge < -0.3 is 19.2 Å². The molecule has 2 aromatic heterocycles. The van der Waals surface area contributed by atoms with Gasteiger partial charge in [-0.05, 0) is 24.3 Å². The molecule has 1 aliphatic heterocycles. The Bertz CT molecular complexity index is 986. The lowest BCUT2D eigenvalue weighted by Crippen LogP contribution is -2.41. The van der Waals surface area contributed by atoms with Crippen LogP contribution in [0.15, 0.2) is 52.2 Å². The molecule has 1 amide bonds. The fourth-order valence-corrected chi connectivity index (χ4v) is 4.09. The fraction of sp³-hybridized carbons (Fsp3) is 0.381. The van der Waals surface area contributed by atoms with Gasteiger partial charge in [0.2, 0.25) is 11.7 Å². The minimum Gasteiger partial charge on any atom is -0.495 e. The van der Waals surface area contributed by atoms with E-state index in [4.69, 9.17) is 13.9 Å². The number of morpholine rings is 1. The molecule has 164 valence electrons. The third kappa shape index (κ3) is 5.27. The van der Waals surface area contributed by atoms with Crippen molar-refractivity contribution in [2.45, 2.75) is 5.16 Å². The summed E-state index contributed by atoms with van der Waals surface area (Å²) < 4.78 is 18.3. The molecule has 1 aromatic carbocycles. The van der Waals surface area contributed by atoms with E-state index >= 15 is 0 Å². The van der Waals surface area contributed by atoms with Gasteiger partial charge in [0.25, 0.3) is 0 Å². The van der Waals surface area contributed by atoms with E-state index in [2.05, 4.69) is 20.4 Å². The number of nitrogens with one attached hydrogen (secondary N) is 1. The van der Waals surface area contributed by atoms with Crippen LogP contribution in [-0.4, -0.2) is 77.8 Å². The Kier molecular flexibility index (Phi) is 7.23. The molecule has 31 heavy (non-hydrogen) atoms. The van der Waals surface area contributed by atoms with E-state index in [0.29, 0.717) is 29.0 Å². The van der Waals surface area contributed by atoms with Crippen LogP contribution in [-0.2, 0) is 9.53 Å². The largest absolute Gasteiger partial charge is 0.495 e. The smallest absolute Gasteiger partial charge is 0.230 e. The van der Waals surface area contributed by atoms with Crippen LogP contribution in [0.25, 0.3) is 17.3 Å². The summed E-state index contributed by atoms with van der Waals surface area (Å²) in [4.78, 5) is 14.7. The van der Waals surface area contributed by atoms with Crippen molar-refractivity contribution in [3.63, 3.8) is 0 Å². The number of hydrogen-bond acceptors (Lipinski definition) is 8. The number of methoxy groups -OCH3 is 1. The summed E-state index contributed by atoms with van der Waals surface area (Å²) in [5.74, 6) is 1.98. The van der Waals surface area contributed by atoms with Crippen molar-refractivity contribution in [1.29, 1.82) is 0 Å². The Morgan fingerprint density at radius 1 is 1.19 bits per heavy atom. The number of thioether (sulfide) groups is 1. The first kappa shape index (κ1) is 21.4. The molecule has 0 atom stereocenters. The number of rotatable bonds is 9. The van der Waals surface area contributed by atoms with E-state index in [1.165, 1.54) is 11.8 Å². The van der Waals surface area contributed by atoms with Gasteiger partial charge in [0.05, 0.1) is 38.0 Å². The summed E-state index contributed by atoms with van der Waals surface area (Å²) in [5, 5.41) is 12.2. The van der Waals surface area contributed by atoms with E-state index in [1.807, 2.05) is 34.9 Å². The molecule has 0 unspecified atom stereocenters. The standard InChI is InChI=1S/C21H25N5O4S/c1-28-17-6-3-2-5-16(17)26-20(18-7-4-12-30-18)23-24-21(26)31-15-19(27)22-8-9-25-10-13-29-14-11-25/h2-7,12H,8-11,13-15H2,1H3,(H,22,27). The average molecular weight is 444 g/mol. The average Bonchev–Trinajstić information content (AvgIpc) is 3.48. The second-order valence-corrected chi connectivity index (χ2v) is 7.83. The molecule has 1 N–H and O–H groups in total. The molecule has 9 nitrogen and oxygen atoms in total. The maximum atomic E-state index is 12.4. The molecule has 0 aliphatic carbocycles. The van der Waals surface area contributed by atoms with Crippen LogP contribution in [0.5, 0.6) is 5.75 Å². The monoisotopic (exact) mass is 443 g/mol. The van der Waals surface area contributed by atoms with Crippen molar-refractivity contribution in [2.75, 3.05) is 52.3 Å². The van der Waals surface area contributed by atoms with Gasteiger partial charge in [-0.2, -0.15) is 0 Å². The van der Waals surface area contributed by atoms with Gasteiger partial charge in [-0.3, -0.25) is 14.3 Å². The second kappa shape index (κ2) is 10.5. The molecule has 1 aliphatic rings. The Morgan fingerprint density at radius 2 is 2.03 bits per heavy atom. The minimum atomic E-state index is -0.0487. The van der Waals surface area contributed by atoms with Crippen LogP contribution >= 0.6 is 11.8 Å². The van der Waals surface area contributed by atoms with E-state index in [9.17, 15) is 4.79 Å². The van der Waals surface area contributed by atoms with Crippen LogP contribution in [0.3, 0.4) is 0 Å². The van der Waals surface area contributed by atoms with Crippen molar-refractivity contribution in [1.82, 2.24) is 25.0 Å². The molecule has 0 spiro atoms. The second-order valence-electron chi connectivity index (χ2n) is 6.88. The number of aromatic nitrogens is 3. The zero-order valence-electron chi connectivity index (χ0n) is 17.3. The van der Waals surface area contributed by atoms with Crippen molar-refractivity contribution < 1.29 is 18.7 Å². The lowest BCUT2D eigenvalue weighted by atomic mass is 10.3. The van der Waals surface area contributed by atoms with Crippen LogP contribution in [0.1, 0.15) is 0 Å². The molecular formula is C21H25N5O4S. The lowest BCUT2D eigenvalue weighted by Gasteiger charge is -2.26. The predicted octanol–water partition coefficient (Wildman–Crippen LogP) is 2.08. The highest BCUT2D eigenvalue weighted by molar-refractivity contribution is 7.99. The van der Waals surface area contributed by atoms with Crippen LogP contribution in [0, 0.1) is 0 Å². The first-order chi connectivity index (χ1) is 15.3. The Labute approximate surface area is 184 Å². The number of para-hydroxylation sites is 2. The maximum absolute atomic E-state index is 12.4. The van der Waals surface area contributed by atoms with E-state index in [1.54, 1.807) is 19.4 Å². The molecule has 0 radical (unpaired) electrons. The maximum Gasteiger partial charge on any atom is 0.230 e. The molecule has 3 heterocycles. The molecular weight excluding hydrogens is 418 g/mol. The summed E-state index contributed by atoms with van der Waals surface area (Å²) in [6.45, 7) is 4.74. The van der Waals surface area contributed by atoms with Gasteiger partial charge in [-0.25, -0.2) is 0 Å². The first-order valence-electron chi connectivity index (χ1n) is 10.1. The number of amides is 1. The highest BCUT2D eigenvalue weighted by Gasteiger charge is 2.21. The van der Waals surface area contributed by atoms with E-state index < -0.39 is 0 Å². The summed E-state index contributed by atoms with van der Waals surface area (Å²) in [5.41, 5.74) is 0.775. The van der Waals surface area contributed by atoms with Crippen molar-refractivity contribution in [3.05, 3.63) is 42.7 Å². The zero-order valence-corrected chi connectivity index (χ0v) is 18.1. The lowest BCUT2D eigenvalue weighted by molar-refractivity contribution is -0.118. The topological polar surface area (TPSA) is 94.7 Å². The molecule has 1 fully saturated rings. The van der Waals surface area contributed by atoms with E-state index in [0.717, 1.165) is 38.5 Å². The highest BCUT2D eigenvalue weighted by Crippen LogP contribution is 2.32. The quantitative estimate of drug-likeness (QED) is 0.503. The Hall–Kier alpha value is -2.82. The molecule has 3 aromatic rings. The zero-order chi connectivity index (χ0) is 21.5. The number of ether oxygens (including phenoxy) is 2. The number of carbonyl (C=O) groups excluding carboxylic acids is 1. The normalized spacial score (nSPS) is 14.5. The Morgan fingerprint density at radius 3 is 2.81 bits per heavy atom. The number of hydrogen-bond donors (Lipinski definition) is 1. The van der Waals surface area contributed by atoms with Crippen molar-refractivity contribution in [3.8, 4) is 23.0 Å². The summed E-state index contributed by atoms with van der Waals surface area (Å²) in [6, 6.07) is 11.2.